The fourth-order valence-electron chi connectivity index (χ4n) is 2.79. The zero-order chi connectivity index (χ0) is 16.1. The van der Waals surface area contributed by atoms with E-state index in [2.05, 4.69) is 19.2 Å². The van der Waals surface area contributed by atoms with Crippen molar-refractivity contribution in [2.24, 2.45) is 5.92 Å². The average Bonchev–Trinajstić information content (AvgIpc) is 2.93. The summed E-state index contributed by atoms with van der Waals surface area (Å²) >= 11 is 0. The summed E-state index contributed by atoms with van der Waals surface area (Å²) in [6, 6.07) is 7.38. The normalized spacial score (nSPS) is 20.9. The molecule has 2 rings (SSSR count). The molecule has 0 saturated heterocycles. The summed E-state index contributed by atoms with van der Waals surface area (Å²) in [5, 5.41) is 11.9. The van der Waals surface area contributed by atoms with Gasteiger partial charge in [0.2, 0.25) is 0 Å². The quantitative estimate of drug-likeness (QED) is 0.847. The van der Waals surface area contributed by atoms with Gasteiger partial charge in [0.25, 0.3) is 5.91 Å². The Morgan fingerprint density at radius 3 is 2.82 bits per heavy atom. The molecule has 0 aliphatic heterocycles. The van der Waals surface area contributed by atoms with E-state index in [1.165, 1.54) is 0 Å². The first-order valence-electron chi connectivity index (χ1n) is 7.72. The summed E-state index contributed by atoms with van der Waals surface area (Å²) in [5.74, 6) is -0.538. The zero-order valence-corrected chi connectivity index (χ0v) is 13.0. The molecule has 0 spiro atoms. The first-order chi connectivity index (χ1) is 10.5. The van der Waals surface area contributed by atoms with Gasteiger partial charge in [0, 0.05) is 6.04 Å². The van der Waals surface area contributed by atoms with Gasteiger partial charge < -0.3 is 15.2 Å². The minimum absolute atomic E-state index is 0.0929. The van der Waals surface area contributed by atoms with Crippen molar-refractivity contribution in [1.82, 2.24) is 5.32 Å². The maximum absolute atomic E-state index is 11.9. The van der Waals surface area contributed by atoms with Crippen molar-refractivity contribution >= 4 is 11.9 Å². The van der Waals surface area contributed by atoms with Crippen molar-refractivity contribution < 1.29 is 19.4 Å². The maximum Gasteiger partial charge on any atom is 0.308 e. The number of aliphatic carboxylic acids is 1. The molecular weight excluding hydrogens is 282 g/mol. The number of nitrogens with one attached hydrogen (secondary N) is 1. The van der Waals surface area contributed by atoms with Crippen LogP contribution in [-0.4, -0.2) is 29.6 Å². The van der Waals surface area contributed by atoms with Gasteiger partial charge in [-0.05, 0) is 36.5 Å². The van der Waals surface area contributed by atoms with Crippen molar-refractivity contribution in [2.45, 2.75) is 45.1 Å². The van der Waals surface area contributed by atoms with E-state index in [1.807, 2.05) is 24.3 Å². The van der Waals surface area contributed by atoms with Crippen molar-refractivity contribution in [3.05, 3.63) is 29.8 Å². The summed E-state index contributed by atoms with van der Waals surface area (Å²) < 4.78 is 5.51. The highest BCUT2D eigenvalue weighted by Gasteiger charge is 2.33. The monoisotopic (exact) mass is 305 g/mol. The van der Waals surface area contributed by atoms with E-state index in [1.54, 1.807) is 0 Å². The molecule has 0 bridgehead atoms. The van der Waals surface area contributed by atoms with Crippen LogP contribution in [0.2, 0.25) is 0 Å². The van der Waals surface area contributed by atoms with Gasteiger partial charge in [-0.1, -0.05) is 32.4 Å². The van der Waals surface area contributed by atoms with Crippen LogP contribution in [0.5, 0.6) is 5.75 Å². The van der Waals surface area contributed by atoms with E-state index < -0.39 is 11.9 Å². The number of ether oxygens (including phenoxy) is 1. The highest BCUT2D eigenvalue weighted by molar-refractivity contribution is 5.79. The lowest BCUT2D eigenvalue weighted by molar-refractivity contribution is -0.142. The lowest BCUT2D eigenvalue weighted by atomic mass is 10.0. The predicted octanol–water partition coefficient (Wildman–Crippen LogP) is 2.56. The minimum atomic E-state index is -0.839. The molecular formula is C17H23NO4. The molecule has 1 aliphatic carbocycles. The van der Waals surface area contributed by atoms with Gasteiger partial charge in [0.1, 0.15) is 5.75 Å². The number of carbonyl (C=O) groups is 2. The number of hydrogen-bond donors (Lipinski definition) is 2. The Kier molecular flexibility index (Phi) is 5.41. The molecule has 1 aromatic rings. The lowest BCUT2D eigenvalue weighted by Crippen LogP contribution is -2.42. The van der Waals surface area contributed by atoms with E-state index in [4.69, 9.17) is 9.84 Å². The highest BCUT2D eigenvalue weighted by Crippen LogP contribution is 2.26. The minimum Gasteiger partial charge on any atom is -0.484 e. The van der Waals surface area contributed by atoms with E-state index in [0.29, 0.717) is 24.5 Å². The lowest BCUT2D eigenvalue weighted by Gasteiger charge is -2.17. The molecule has 1 amide bonds. The van der Waals surface area contributed by atoms with Crippen LogP contribution in [0, 0.1) is 5.92 Å². The number of rotatable bonds is 6. The van der Waals surface area contributed by atoms with Crippen LogP contribution < -0.4 is 10.1 Å². The summed E-state index contributed by atoms with van der Waals surface area (Å²) in [7, 11) is 0. The molecule has 120 valence electrons. The summed E-state index contributed by atoms with van der Waals surface area (Å²) in [6.07, 6.45) is 2.17. The van der Waals surface area contributed by atoms with Crippen LogP contribution in [0.25, 0.3) is 0 Å². The molecule has 0 aromatic heterocycles. The molecule has 5 heteroatoms. The average molecular weight is 305 g/mol. The van der Waals surface area contributed by atoms with Crippen molar-refractivity contribution in [2.75, 3.05) is 6.61 Å². The first-order valence-corrected chi connectivity index (χ1v) is 7.72. The molecule has 2 N–H and O–H groups in total. The Labute approximate surface area is 130 Å². The van der Waals surface area contributed by atoms with Gasteiger partial charge in [0.05, 0.1) is 5.92 Å². The fourth-order valence-corrected chi connectivity index (χ4v) is 2.79. The van der Waals surface area contributed by atoms with Crippen LogP contribution in [-0.2, 0) is 9.59 Å². The number of carboxylic acids is 1. The molecule has 5 nitrogen and oxygen atoms in total. The molecule has 0 unspecified atom stereocenters. The zero-order valence-electron chi connectivity index (χ0n) is 13.0. The van der Waals surface area contributed by atoms with Gasteiger partial charge in [-0.2, -0.15) is 0 Å². The number of carboxylic acid groups (broad SMARTS) is 1. The van der Waals surface area contributed by atoms with Crippen LogP contribution >= 0.6 is 0 Å². The third-order valence-corrected chi connectivity index (χ3v) is 4.07. The second-order valence-electron chi connectivity index (χ2n) is 6.07. The first kappa shape index (κ1) is 16.3. The Morgan fingerprint density at radius 1 is 1.36 bits per heavy atom. The number of carbonyl (C=O) groups excluding carboxylic acids is 1. The van der Waals surface area contributed by atoms with Gasteiger partial charge in [-0.15, -0.1) is 0 Å². The number of hydrogen-bond acceptors (Lipinski definition) is 3. The van der Waals surface area contributed by atoms with Crippen LogP contribution in [0.15, 0.2) is 24.3 Å². The standard InChI is InChI=1S/C17H23NO4/c1-11(2)12-5-3-6-13(9-12)22-10-16(19)18-15-8-4-7-14(15)17(20)21/h3,5-6,9,11,14-15H,4,7-8,10H2,1-2H3,(H,18,19)(H,20,21)/t14-,15+/m0/s1. The van der Waals surface area contributed by atoms with Crippen LogP contribution in [0.3, 0.4) is 0 Å². The van der Waals surface area contributed by atoms with E-state index in [0.717, 1.165) is 12.0 Å². The molecule has 1 aliphatic rings. The van der Waals surface area contributed by atoms with E-state index >= 15 is 0 Å². The smallest absolute Gasteiger partial charge is 0.308 e. The third-order valence-electron chi connectivity index (χ3n) is 4.07. The third kappa shape index (κ3) is 4.23. The van der Waals surface area contributed by atoms with Crippen molar-refractivity contribution in [3.63, 3.8) is 0 Å². The Bertz CT molecular complexity index is 541. The Balaban J connectivity index is 1.85. The van der Waals surface area contributed by atoms with E-state index in [9.17, 15) is 9.59 Å². The Morgan fingerprint density at radius 2 is 2.14 bits per heavy atom. The maximum atomic E-state index is 11.9. The fraction of sp³-hybridized carbons (Fsp3) is 0.529. The summed E-state index contributed by atoms with van der Waals surface area (Å²) in [5.41, 5.74) is 1.15. The molecule has 2 atom stereocenters. The van der Waals surface area contributed by atoms with Gasteiger partial charge >= 0.3 is 5.97 Å². The van der Waals surface area contributed by atoms with Gasteiger partial charge in [0.15, 0.2) is 6.61 Å². The molecule has 22 heavy (non-hydrogen) atoms. The topological polar surface area (TPSA) is 75.6 Å². The second kappa shape index (κ2) is 7.29. The van der Waals surface area contributed by atoms with Crippen LogP contribution in [0.4, 0.5) is 0 Å². The SMILES string of the molecule is CC(C)c1cccc(OCC(=O)N[C@@H]2CCC[C@@H]2C(=O)O)c1. The van der Waals surface area contributed by atoms with Gasteiger partial charge in [-0.3, -0.25) is 9.59 Å². The molecule has 0 radical (unpaired) electrons. The predicted molar refractivity (Wildman–Crippen MR) is 82.9 cm³/mol. The number of benzene rings is 1. The van der Waals surface area contributed by atoms with E-state index in [-0.39, 0.29) is 18.6 Å². The molecule has 1 aromatic carbocycles. The second-order valence-corrected chi connectivity index (χ2v) is 6.07. The highest BCUT2D eigenvalue weighted by atomic mass is 16.5. The molecule has 0 heterocycles. The van der Waals surface area contributed by atoms with Crippen LogP contribution in [0.1, 0.15) is 44.6 Å². The largest absolute Gasteiger partial charge is 0.484 e. The van der Waals surface area contributed by atoms with Crippen molar-refractivity contribution in [3.8, 4) is 5.75 Å². The van der Waals surface area contributed by atoms with Gasteiger partial charge in [-0.25, -0.2) is 0 Å². The van der Waals surface area contributed by atoms with Crippen molar-refractivity contribution in [1.29, 1.82) is 0 Å². The summed E-state index contributed by atoms with van der Waals surface area (Å²) in [4.78, 5) is 23.0. The Hall–Kier alpha value is -2.04. The number of amides is 1. The summed E-state index contributed by atoms with van der Waals surface area (Å²) in [6.45, 7) is 4.10. The molecule has 1 fully saturated rings. The molecule has 1 saturated carbocycles.